The molecule has 2 aromatic carbocycles. The van der Waals surface area contributed by atoms with Gasteiger partial charge >= 0.3 is 5.97 Å². The molecule has 0 radical (unpaired) electrons. The number of fused-ring (bicyclic) bond motifs is 1. The maximum atomic E-state index is 12.5. The number of aromatic amines is 1. The van der Waals surface area contributed by atoms with Crippen LogP contribution in [0.4, 0.5) is 5.69 Å². The third-order valence-corrected chi connectivity index (χ3v) is 4.53. The highest BCUT2D eigenvalue weighted by atomic mass is 79.9. The highest BCUT2D eigenvalue weighted by molar-refractivity contribution is 9.10. The number of carbonyl (C=O) groups is 2. The van der Waals surface area contributed by atoms with Crippen molar-refractivity contribution in [1.29, 1.82) is 0 Å². The van der Waals surface area contributed by atoms with Crippen molar-refractivity contribution >= 4 is 44.4 Å². The minimum Gasteiger partial charge on any atom is -0.505 e. The highest BCUT2D eigenvalue weighted by Gasteiger charge is 2.14. The average molecular weight is 417 g/mol. The summed E-state index contributed by atoms with van der Waals surface area (Å²) in [5.74, 6) is -1.28. The van der Waals surface area contributed by atoms with Crippen LogP contribution in [0.2, 0.25) is 0 Å². The van der Waals surface area contributed by atoms with Gasteiger partial charge in [0.15, 0.2) is 0 Å². The van der Waals surface area contributed by atoms with Crippen LogP contribution in [0.1, 0.15) is 28.9 Å². The Morgan fingerprint density at radius 2 is 1.96 bits per heavy atom. The van der Waals surface area contributed by atoms with E-state index in [2.05, 4.69) is 26.2 Å². The first-order valence-corrected chi connectivity index (χ1v) is 8.85. The number of aryl methyl sites for hydroxylation is 1. The lowest BCUT2D eigenvalue weighted by Gasteiger charge is -2.10. The number of para-hydroxylation sites is 1. The van der Waals surface area contributed by atoms with Crippen LogP contribution in [-0.4, -0.2) is 27.1 Å². The van der Waals surface area contributed by atoms with Crippen molar-refractivity contribution < 1.29 is 19.8 Å². The maximum absolute atomic E-state index is 12.5. The van der Waals surface area contributed by atoms with Crippen molar-refractivity contribution in [2.45, 2.75) is 19.3 Å². The van der Waals surface area contributed by atoms with Crippen molar-refractivity contribution in [2.24, 2.45) is 0 Å². The fourth-order valence-electron chi connectivity index (χ4n) is 2.74. The van der Waals surface area contributed by atoms with Gasteiger partial charge in [-0.15, -0.1) is 0 Å². The molecule has 0 aliphatic rings. The Hall–Kier alpha value is -2.80. The minimum absolute atomic E-state index is 0.0284. The number of aromatic hydroxyl groups is 1. The number of H-pyrrole nitrogens is 1. The van der Waals surface area contributed by atoms with Gasteiger partial charge in [0.1, 0.15) is 11.4 Å². The zero-order chi connectivity index (χ0) is 18.7. The zero-order valence-corrected chi connectivity index (χ0v) is 15.3. The standard InChI is InChI=1S/C19H17BrN2O4/c20-13-7-8-14-12(9-13)10-16(21-14)19(26)22-15-5-1-3-11(18(15)25)4-2-6-17(23)24/h1,3,5,7-10,21,25H,2,4,6H2,(H,22,26)(H,23,24). The fraction of sp³-hybridized carbons (Fsp3) is 0.158. The van der Waals surface area contributed by atoms with Crippen LogP contribution in [0.3, 0.4) is 0 Å². The largest absolute Gasteiger partial charge is 0.505 e. The molecule has 1 heterocycles. The Balaban J connectivity index is 1.76. The van der Waals surface area contributed by atoms with E-state index in [-0.39, 0.29) is 18.1 Å². The molecule has 0 saturated carbocycles. The molecule has 0 bridgehead atoms. The van der Waals surface area contributed by atoms with E-state index in [1.807, 2.05) is 18.2 Å². The monoisotopic (exact) mass is 416 g/mol. The van der Waals surface area contributed by atoms with Gasteiger partial charge in [-0.05, 0) is 48.7 Å². The second kappa shape index (κ2) is 7.61. The van der Waals surface area contributed by atoms with E-state index in [0.717, 1.165) is 15.4 Å². The van der Waals surface area contributed by atoms with Crippen LogP contribution in [-0.2, 0) is 11.2 Å². The van der Waals surface area contributed by atoms with E-state index >= 15 is 0 Å². The van der Waals surface area contributed by atoms with Gasteiger partial charge in [0.05, 0.1) is 5.69 Å². The SMILES string of the molecule is O=C(O)CCCc1cccc(NC(=O)c2cc3cc(Br)ccc3[nH]2)c1O. The van der Waals surface area contributed by atoms with Gasteiger partial charge in [0.2, 0.25) is 0 Å². The predicted molar refractivity (Wildman–Crippen MR) is 103 cm³/mol. The number of nitrogens with one attached hydrogen (secondary N) is 2. The second-order valence-electron chi connectivity index (χ2n) is 5.93. The predicted octanol–water partition coefficient (Wildman–Crippen LogP) is 4.30. The molecule has 26 heavy (non-hydrogen) atoms. The number of rotatable bonds is 6. The number of carboxylic acid groups (broad SMARTS) is 1. The van der Waals surface area contributed by atoms with Gasteiger partial charge in [-0.1, -0.05) is 28.1 Å². The molecular formula is C19H17BrN2O4. The highest BCUT2D eigenvalue weighted by Crippen LogP contribution is 2.29. The van der Waals surface area contributed by atoms with Crippen molar-refractivity contribution in [3.8, 4) is 5.75 Å². The Morgan fingerprint density at radius 3 is 2.73 bits per heavy atom. The lowest BCUT2D eigenvalue weighted by molar-refractivity contribution is -0.137. The Kier molecular flexibility index (Phi) is 5.27. The van der Waals surface area contributed by atoms with Gasteiger partial charge in [-0.2, -0.15) is 0 Å². The van der Waals surface area contributed by atoms with Crippen molar-refractivity contribution in [3.05, 3.63) is 58.2 Å². The minimum atomic E-state index is -0.876. The number of aromatic nitrogens is 1. The number of carbonyl (C=O) groups excluding carboxylic acids is 1. The van der Waals surface area contributed by atoms with Crippen molar-refractivity contribution in [3.63, 3.8) is 0 Å². The summed E-state index contributed by atoms with van der Waals surface area (Å²) in [6.07, 6.45) is 0.861. The normalized spacial score (nSPS) is 10.8. The zero-order valence-electron chi connectivity index (χ0n) is 13.8. The van der Waals surface area contributed by atoms with Crippen molar-refractivity contribution in [1.82, 2.24) is 4.98 Å². The quantitative estimate of drug-likeness (QED) is 0.449. The van der Waals surface area contributed by atoms with E-state index < -0.39 is 5.97 Å². The topological polar surface area (TPSA) is 102 Å². The van der Waals surface area contributed by atoms with E-state index in [1.165, 1.54) is 0 Å². The molecule has 0 aliphatic carbocycles. The van der Waals surface area contributed by atoms with Gasteiger partial charge in [-0.3, -0.25) is 9.59 Å². The first-order valence-electron chi connectivity index (χ1n) is 8.06. The summed E-state index contributed by atoms with van der Waals surface area (Å²) >= 11 is 3.40. The summed E-state index contributed by atoms with van der Waals surface area (Å²) in [4.78, 5) is 26.1. The van der Waals surface area contributed by atoms with E-state index in [1.54, 1.807) is 24.3 Å². The molecule has 0 spiro atoms. The molecule has 7 heteroatoms. The summed E-state index contributed by atoms with van der Waals surface area (Å²) in [7, 11) is 0. The Labute approximate surface area is 158 Å². The molecule has 1 aromatic heterocycles. The number of phenols is 1. The lowest BCUT2D eigenvalue weighted by Crippen LogP contribution is -2.12. The van der Waals surface area contributed by atoms with Gasteiger partial charge in [0, 0.05) is 21.8 Å². The van der Waals surface area contributed by atoms with Crippen LogP contribution >= 0.6 is 15.9 Å². The lowest BCUT2D eigenvalue weighted by atomic mass is 10.1. The molecule has 0 aliphatic heterocycles. The van der Waals surface area contributed by atoms with E-state index in [4.69, 9.17) is 5.11 Å². The summed E-state index contributed by atoms with van der Waals surface area (Å²) in [5.41, 5.74) is 2.12. The summed E-state index contributed by atoms with van der Waals surface area (Å²) in [6.45, 7) is 0. The van der Waals surface area contributed by atoms with Crippen molar-refractivity contribution in [2.75, 3.05) is 5.32 Å². The fourth-order valence-corrected chi connectivity index (χ4v) is 3.12. The van der Waals surface area contributed by atoms with Gasteiger partial charge in [0.25, 0.3) is 5.91 Å². The van der Waals surface area contributed by atoms with Crippen LogP contribution in [0.25, 0.3) is 10.9 Å². The van der Waals surface area contributed by atoms with E-state index in [0.29, 0.717) is 29.8 Å². The number of phenolic OH excluding ortho intramolecular Hbond substituents is 1. The number of benzene rings is 2. The van der Waals surface area contributed by atoms with Crippen LogP contribution in [0.5, 0.6) is 5.75 Å². The molecule has 3 aromatic rings. The number of hydrogen-bond acceptors (Lipinski definition) is 3. The third-order valence-electron chi connectivity index (χ3n) is 4.03. The smallest absolute Gasteiger partial charge is 0.303 e. The second-order valence-corrected chi connectivity index (χ2v) is 6.84. The summed E-state index contributed by atoms with van der Waals surface area (Å²) in [6, 6.07) is 12.4. The van der Waals surface area contributed by atoms with Crippen LogP contribution < -0.4 is 5.32 Å². The first-order chi connectivity index (χ1) is 12.4. The number of carboxylic acids is 1. The summed E-state index contributed by atoms with van der Waals surface area (Å²) < 4.78 is 0.919. The van der Waals surface area contributed by atoms with Crippen LogP contribution in [0.15, 0.2) is 46.9 Å². The number of hydrogen-bond donors (Lipinski definition) is 4. The molecule has 0 fully saturated rings. The van der Waals surface area contributed by atoms with E-state index in [9.17, 15) is 14.7 Å². The molecule has 1 amide bonds. The summed E-state index contributed by atoms with van der Waals surface area (Å²) in [5, 5.41) is 22.7. The molecular weight excluding hydrogens is 400 g/mol. The molecule has 3 rings (SSSR count). The Morgan fingerprint density at radius 1 is 1.15 bits per heavy atom. The van der Waals surface area contributed by atoms with Gasteiger partial charge in [-0.25, -0.2) is 0 Å². The van der Waals surface area contributed by atoms with Crippen LogP contribution in [0, 0.1) is 0 Å². The maximum Gasteiger partial charge on any atom is 0.303 e. The molecule has 6 nitrogen and oxygen atoms in total. The number of amides is 1. The van der Waals surface area contributed by atoms with Gasteiger partial charge < -0.3 is 20.5 Å². The Bertz CT molecular complexity index is 981. The molecule has 0 saturated heterocycles. The molecule has 4 N–H and O–H groups in total. The molecule has 0 atom stereocenters. The average Bonchev–Trinajstić information content (AvgIpc) is 3.01. The number of anilines is 1. The molecule has 134 valence electrons. The molecule has 0 unspecified atom stereocenters. The first kappa shape index (κ1) is 18.0. The number of aliphatic carboxylic acids is 1. The third kappa shape index (κ3) is 4.05. The number of halogens is 1.